The summed E-state index contributed by atoms with van der Waals surface area (Å²) in [5.41, 5.74) is -0.450. The maximum Gasteiger partial charge on any atom is 0.410 e. The summed E-state index contributed by atoms with van der Waals surface area (Å²) < 4.78 is 10.9. The van der Waals surface area contributed by atoms with Crippen LogP contribution in [0.2, 0.25) is 0 Å². The zero-order chi connectivity index (χ0) is 16.2. The first-order chi connectivity index (χ1) is 10.4. The molecule has 1 aliphatic rings. The average Bonchev–Trinajstić information content (AvgIpc) is 2.97. The van der Waals surface area contributed by atoms with Crippen LogP contribution in [0, 0.1) is 0 Å². The minimum Gasteiger partial charge on any atom is -0.468 e. The zero-order valence-corrected chi connectivity index (χ0v) is 14.1. The average molecular weight is 308 g/mol. The lowest BCUT2D eigenvalue weighted by Crippen LogP contribution is -2.50. The van der Waals surface area contributed by atoms with Gasteiger partial charge >= 0.3 is 6.09 Å². The molecule has 1 saturated heterocycles. The first-order valence-electron chi connectivity index (χ1n) is 8.13. The van der Waals surface area contributed by atoms with E-state index in [9.17, 15) is 4.79 Å². The van der Waals surface area contributed by atoms with E-state index in [0.29, 0.717) is 0 Å². The summed E-state index contributed by atoms with van der Waals surface area (Å²) in [5.74, 6) is 0.916. The summed E-state index contributed by atoms with van der Waals surface area (Å²) in [6.45, 7) is 9.31. The molecule has 2 rings (SSSR count). The van der Waals surface area contributed by atoms with Crippen molar-refractivity contribution in [2.45, 2.75) is 64.6 Å². The molecular weight excluding hydrogens is 280 g/mol. The number of ether oxygens (including phenoxy) is 1. The van der Waals surface area contributed by atoms with Crippen molar-refractivity contribution in [1.29, 1.82) is 0 Å². The Morgan fingerprint density at radius 3 is 2.91 bits per heavy atom. The normalized spacial score (nSPS) is 20.7. The van der Waals surface area contributed by atoms with Gasteiger partial charge in [-0.2, -0.15) is 0 Å². The van der Waals surface area contributed by atoms with Crippen LogP contribution in [-0.2, 0) is 4.74 Å². The number of carbonyl (C=O) groups excluding carboxylic acids is 1. The number of rotatable bonds is 4. The lowest BCUT2D eigenvalue weighted by molar-refractivity contribution is 0.00965. The van der Waals surface area contributed by atoms with E-state index in [0.717, 1.165) is 38.1 Å². The highest BCUT2D eigenvalue weighted by atomic mass is 16.6. The number of piperidine rings is 1. The minimum absolute atomic E-state index is 0.136. The molecule has 1 unspecified atom stereocenters. The molecule has 0 saturated carbocycles. The van der Waals surface area contributed by atoms with Crippen molar-refractivity contribution >= 4 is 6.09 Å². The summed E-state index contributed by atoms with van der Waals surface area (Å²) in [4.78, 5) is 14.2. The van der Waals surface area contributed by atoms with E-state index < -0.39 is 5.60 Å². The van der Waals surface area contributed by atoms with Crippen LogP contribution in [0.1, 0.15) is 58.8 Å². The topological polar surface area (TPSA) is 54.7 Å². The highest BCUT2D eigenvalue weighted by molar-refractivity contribution is 5.68. The Balaban J connectivity index is 1.90. The van der Waals surface area contributed by atoms with Crippen LogP contribution in [0.15, 0.2) is 22.8 Å². The first kappa shape index (κ1) is 16.9. The zero-order valence-electron chi connectivity index (χ0n) is 14.1. The first-order valence-corrected chi connectivity index (χ1v) is 8.13. The number of nitrogens with zero attached hydrogens (tertiary/aromatic N) is 1. The van der Waals surface area contributed by atoms with Crippen LogP contribution in [-0.4, -0.2) is 35.7 Å². The van der Waals surface area contributed by atoms with Crippen molar-refractivity contribution in [3.63, 3.8) is 0 Å². The third-order valence-corrected chi connectivity index (χ3v) is 3.88. The summed E-state index contributed by atoms with van der Waals surface area (Å²) in [7, 11) is 0. The third-order valence-electron chi connectivity index (χ3n) is 3.88. The SMILES string of the molecule is C[C@H](NCC1CCCCN1C(=O)OC(C)(C)C)c1ccco1. The maximum absolute atomic E-state index is 12.4. The second kappa shape index (κ2) is 7.18. The maximum atomic E-state index is 12.4. The number of hydrogen-bond acceptors (Lipinski definition) is 4. The Morgan fingerprint density at radius 2 is 2.27 bits per heavy atom. The predicted octanol–water partition coefficient (Wildman–Crippen LogP) is 3.72. The number of carbonyl (C=O) groups is 1. The van der Waals surface area contributed by atoms with Gasteiger partial charge in [-0.05, 0) is 59.1 Å². The van der Waals surface area contributed by atoms with Crippen LogP contribution in [0.25, 0.3) is 0 Å². The van der Waals surface area contributed by atoms with E-state index in [4.69, 9.17) is 9.15 Å². The van der Waals surface area contributed by atoms with Crippen molar-refractivity contribution in [1.82, 2.24) is 10.2 Å². The van der Waals surface area contributed by atoms with E-state index in [1.807, 2.05) is 37.8 Å². The summed E-state index contributed by atoms with van der Waals surface area (Å²) >= 11 is 0. The van der Waals surface area contributed by atoms with Crippen molar-refractivity contribution in [2.24, 2.45) is 0 Å². The Kier molecular flexibility index (Phi) is 5.51. The van der Waals surface area contributed by atoms with E-state index in [2.05, 4.69) is 12.2 Å². The van der Waals surface area contributed by atoms with Gasteiger partial charge in [0.2, 0.25) is 0 Å². The molecule has 0 bridgehead atoms. The Hall–Kier alpha value is -1.49. The van der Waals surface area contributed by atoms with E-state index in [-0.39, 0.29) is 18.2 Å². The van der Waals surface area contributed by atoms with Gasteiger partial charge in [0.25, 0.3) is 0 Å². The highest BCUT2D eigenvalue weighted by Gasteiger charge is 2.30. The van der Waals surface area contributed by atoms with Crippen LogP contribution in [0.3, 0.4) is 0 Å². The van der Waals surface area contributed by atoms with Crippen molar-refractivity contribution < 1.29 is 13.9 Å². The van der Waals surface area contributed by atoms with Gasteiger partial charge in [0.05, 0.1) is 12.3 Å². The van der Waals surface area contributed by atoms with Crippen LogP contribution >= 0.6 is 0 Å². The molecule has 22 heavy (non-hydrogen) atoms. The molecule has 0 spiro atoms. The van der Waals surface area contributed by atoms with E-state index in [1.165, 1.54) is 0 Å². The van der Waals surface area contributed by atoms with E-state index >= 15 is 0 Å². The molecular formula is C17H28N2O3. The van der Waals surface area contributed by atoms with Gasteiger partial charge in [0.1, 0.15) is 11.4 Å². The second-order valence-electron chi connectivity index (χ2n) is 6.97. The molecule has 5 nitrogen and oxygen atoms in total. The van der Waals surface area contributed by atoms with Crippen molar-refractivity contribution in [2.75, 3.05) is 13.1 Å². The number of likely N-dealkylation sites (tertiary alicyclic amines) is 1. The molecule has 1 aliphatic heterocycles. The second-order valence-corrected chi connectivity index (χ2v) is 6.97. The predicted molar refractivity (Wildman–Crippen MR) is 85.7 cm³/mol. The molecule has 5 heteroatoms. The molecule has 1 N–H and O–H groups in total. The van der Waals surface area contributed by atoms with Gasteiger partial charge in [-0.1, -0.05) is 0 Å². The van der Waals surface area contributed by atoms with Gasteiger partial charge < -0.3 is 19.4 Å². The van der Waals surface area contributed by atoms with Crippen LogP contribution < -0.4 is 5.32 Å². The van der Waals surface area contributed by atoms with Gasteiger partial charge in [0, 0.05) is 19.1 Å². The molecule has 1 aromatic heterocycles. The standard InChI is InChI=1S/C17H28N2O3/c1-13(15-9-7-11-21-15)18-12-14-8-5-6-10-19(14)16(20)22-17(2,3)4/h7,9,11,13-14,18H,5-6,8,10,12H2,1-4H3/t13-,14?/m0/s1. The van der Waals surface area contributed by atoms with Crippen molar-refractivity contribution in [3.05, 3.63) is 24.2 Å². The fourth-order valence-corrected chi connectivity index (χ4v) is 2.72. The lowest BCUT2D eigenvalue weighted by Gasteiger charge is -2.37. The van der Waals surface area contributed by atoms with Gasteiger partial charge in [-0.3, -0.25) is 0 Å². The monoisotopic (exact) mass is 308 g/mol. The number of nitrogens with one attached hydrogen (secondary N) is 1. The van der Waals surface area contributed by atoms with E-state index in [1.54, 1.807) is 6.26 Å². The number of amides is 1. The molecule has 0 aliphatic carbocycles. The third kappa shape index (κ3) is 4.77. The quantitative estimate of drug-likeness (QED) is 0.921. The molecule has 124 valence electrons. The Bertz CT molecular complexity index is 465. The van der Waals surface area contributed by atoms with Gasteiger partial charge in [-0.25, -0.2) is 4.79 Å². The Labute approximate surface area is 133 Å². The lowest BCUT2D eigenvalue weighted by atomic mass is 10.0. The largest absolute Gasteiger partial charge is 0.468 e. The molecule has 2 heterocycles. The summed E-state index contributed by atoms with van der Waals surface area (Å²) in [6, 6.07) is 4.17. The highest BCUT2D eigenvalue weighted by Crippen LogP contribution is 2.21. The number of furan rings is 1. The smallest absolute Gasteiger partial charge is 0.410 e. The van der Waals surface area contributed by atoms with Gasteiger partial charge in [0.15, 0.2) is 0 Å². The molecule has 1 fully saturated rings. The molecule has 2 atom stereocenters. The minimum atomic E-state index is -0.450. The fourth-order valence-electron chi connectivity index (χ4n) is 2.72. The molecule has 0 radical (unpaired) electrons. The molecule has 1 amide bonds. The summed E-state index contributed by atoms with van der Waals surface area (Å²) in [5, 5.41) is 3.46. The van der Waals surface area contributed by atoms with Crippen LogP contribution in [0.4, 0.5) is 4.79 Å². The van der Waals surface area contributed by atoms with Crippen molar-refractivity contribution in [3.8, 4) is 0 Å². The molecule has 1 aromatic rings. The van der Waals surface area contributed by atoms with Gasteiger partial charge in [-0.15, -0.1) is 0 Å². The fraction of sp³-hybridized carbons (Fsp3) is 0.706. The Morgan fingerprint density at radius 1 is 1.50 bits per heavy atom. The van der Waals surface area contributed by atoms with Crippen LogP contribution in [0.5, 0.6) is 0 Å². The molecule has 0 aromatic carbocycles. The number of hydrogen-bond donors (Lipinski definition) is 1. The summed E-state index contributed by atoms with van der Waals surface area (Å²) in [6.07, 6.45) is 4.69.